The van der Waals surface area contributed by atoms with Crippen molar-refractivity contribution < 1.29 is 9.59 Å². The van der Waals surface area contributed by atoms with Crippen LogP contribution in [0.25, 0.3) is 11.3 Å². The zero-order valence-electron chi connectivity index (χ0n) is 17.9. The van der Waals surface area contributed by atoms with Crippen molar-refractivity contribution in [3.8, 4) is 11.3 Å². The molecule has 0 spiro atoms. The predicted molar refractivity (Wildman–Crippen MR) is 123 cm³/mol. The van der Waals surface area contributed by atoms with E-state index in [0.717, 1.165) is 34.5 Å². The summed E-state index contributed by atoms with van der Waals surface area (Å²) >= 11 is 6.17. The lowest BCUT2D eigenvalue weighted by atomic mass is 9.99. The summed E-state index contributed by atoms with van der Waals surface area (Å²) in [7, 11) is 0. The Kier molecular flexibility index (Phi) is 5.47. The lowest BCUT2D eigenvalue weighted by molar-refractivity contribution is -0.136. The fourth-order valence-corrected chi connectivity index (χ4v) is 4.99. The number of carbonyl (C=O) groups excluding carboxylic acids is 2. The summed E-state index contributed by atoms with van der Waals surface area (Å²) in [6.45, 7) is 3.60. The van der Waals surface area contributed by atoms with Crippen LogP contribution in [0.3, 0.4) is 0 Å². The van der Waals surface area contributed by atoms with E-state index in [1.54, 1.807) is 0 Å². The first-order valence-corrected chi connectivity index (χ1v) is 11.3. The maximum atomic E-state index is 13.4. The number of halogens is 1. The van der Waals surface area contributed by atoms with Crippen molar-refractivity contribution in [2.75, 3.05) is 13.1 Å². The quantitative estimate of drug-likeness (QED) is 0.649. The second-order valence-electron chi connectivity index (χ2n) is 8.58. The van der Waals surface area contributed by atoms with Crippen molar-refractivity contribution in [3.05, 3.63) is 76.4 Å². The van der Waals surface area contributed by atoms with Gasteiger partial charge in [0.25, 0.3) is 0 Å². The number of nitrogens with one attached hydrogen (secondary N) is 1. The van der Waals surface area contributed by atoms with Gasteiger partial charge in [-0.1, -0.05) is 54.1 Å². The zero-order chi connectivity index (χ0) is 22.2. The second-order valence-corrected chi connectivity index (χ2v) is 9.02. The van der Waals surface area contributed by atoms with Crippen molar-refractivity contribution in [2.45, 2.75) is 32.4 Å². The average molecular weight is 449 g/mol. The Morgan fingerprint density at radius 2 is 2.00 bits per heavy atom. The molecular formula is C25H25ClN4O2. The van der Waals surface area contributed by atoms with Crippen LogP contribution in [0.2, 0.25) is 5.02 Å². The lowest BCUT2D eigenvalue weighted by Gasteiger charge is -2.30. The highest BCUT2D eigenvalue weighted by atomic mass is 35.5. The van der Waals surface area contributed by atoms with Crippen LogP contribution < -0.4 is 0 Å². The number of carbonyl (C=O) groups is 2. The molecule has 3 aromatic rings. The molecule has 2 aliphatic heterocycles. The Morgan fingerprint density at radius 1 is 1.19 bits per heavy atom. The normalized spacial score (nSPS) is 19.2. The van der Waals surface area contributed by atoms with Gasteiger partial charge < -0.3 is 9.80 Å². The van der Waals surface area contributed by atoms with Gasteiger partial charge in [0, 0.05) is 54.3 Å². The molecule has 164 valence electrons. The Morgan fingerprint density at radius 3 is 2.78 bits per heavy atom. The number of hydrogen-bond acceptors (Lipinski definition) is 3. The third kappa shape index (κ3) is 3.79. The van der Waals surface area contributed by atoms with Gasteiger partial charge in [-0.2, -0.15) is 5.10 Å². The van der Waals surface area contributed by atoms with Crippen LogP contribution in [0.1, 0.15) is 36.2 Å². The largest absolute Gasteiger partial charge is 0.338 e. The number of H-pyrrole nitrogens is 1. The molecule has 1 N–H and O–H groups in total. The maximum Gasteiger partial charge on any atom is 0.228 e. The Hall–Kier alpha value is -3.12. The molecular weight excluding hydrogens is 424 g/mol. The molecule has 3 heterocycles. The van der Waals surface area contributed by atoms with E-state index in [1.165, 1.54) is 0 Å². The number of likely N-dealkylation sites (tertiary alicyclic amines) is 1. The zero-order valence-corrected chi connectivity index (χ0v) is 18.7. The summed E-state index contributed by atoms with van der Waals surface area (Å²) in [6.07, 6.45) is 0.991. The number of amides is 2. The highest BCUT2D eigenvalue weighted by Crippen LogP contribution is 2.33. The van der Waals surface area contributed by atoms with E-state index in [9.17, 15) is 9.59 Å². The molecule has 5 rings (SSSR count). The van der Waals surface area contributed by atoms with E-state index in [2.05, 4.69) is 10.2 Å². The molecule has 1 saturated heterocycles. The molecule has 2 aliphatic rings. The van der Waals surface area contributed by atoms with E-state index in [4.69, 9.17) is 11.6 Å². The van der Waals surface area contributed by atoms with Gasteiger partial charge in [0.2, 0.25) is 11.8 Å². The van der Waals surface area contributed by atoms with E-state index in [1.807, 2.05) is 71.3 Å². The van der Waals surface area contributed by atoms with E-state index in [0.29, 0.717) is 24.7 Å². The first-order chi connectivity index (χ1) is 15.5. The first kappa shape index (κ1) is 20.8. The molecule has 1 fully saturated rings. The number of aromatic nitrogens is 2. The number of nitrogens with zero attached hydrogens (tertiary/aromatic N) is 3. The molecule has 1 aromatic heterocycles. The van der Waals surface area contributed by atoms with Gasteiger partial charge in [0.1, 0.15) is 0 Å². The van der Waals surface area contributed by atoms with Gasteiger partial charge >= 0.3 is 0 Å². The molecule has 0 radical (unpaired) electrons. The molecule has 2 unspecified atom stereocenters. The topological polar surface area (TPSA) is 69.3 Å². The van der Waals surface area contributed by atoms with Gasteiger partial charge in [-0.15, -0.1) is 0 Å². The van der Waals surface area contributed by atoms with Crippen LogP contribution >= 0.6 is 11.6 Å². The van der Waals surface area contributed by atoms with Crippen LogP contribution in [-0.2, 0) is 22.6 Å². The number of rotatable bonds is 4. The minimum atomic E-state index is -0.309. The predicted octanol–water partition coefficient (Wildman–Crippen LogP) is 4.22. The van der Waals surface area contributed by atoms with Gasteiger partial charge in [0.05, 0.1) is 17.7 Å². The smallest absolute Gasteiger partial charge is 0.228 e. The first-order valence-electron chi connectivity index (χ1n) is 11.0. The molecule has 2 atom stereocenters. The van der Waals surface area contributed by atoms with Gasteiger partial charge in [-0.25, -0.2) is 0 Å². The van der Waals surface area contributed by atoms with Crippen molar-refractivity contribution in [1.82, 2.24) is 20.0 Å². The number of aromatic amines is 1. The van der Waals surface area contributed by atoms with Crippen LogP contribution in [0, 0.1) is 5.92 Å². The summed E-state index contributed by atoms with van der Waals surface area (Å²) in [5.41, 5.74) is 4.95. The Bertz CT molecular complexity index is 1160. The molecule has 0 bridgehead atoms. The van der Waals surface area contributed by atoms with Crippen LogP contribution in [0.5, 0.6) is 0 Å². The number of benzene rings is 2. The fraction of sp³-hybridized carbons (Fsp3) is 0.320. The van der Waals surface area contributed by atoms with Gasteiger partial charge in [0.15, 0.2) is 0 Å². The summed E-state index contributed by atoms with van der Waals surface area (Å²) in [5, 5.41) is 8.28. The van der Waals surface area contributed by atoms with E-state index >= 15 is 0 Å². The van der Waals surface area contributed by atoms with Gasteiger partial charge in [-0.3, -0.25) is 14.7 Å². The van der Waals surface area contributed by atoms with Crippen molar-refractivity contribution >= 4 is 23.4 Å². The molecule has 0 saturated carbocycles. The average Bonchev–Trinajstić information content (AvgIpc) is 3.42. The molecule has 32 heavy (non-hydrogen) atoms. The summed E-state index contributed by atoms with van der Waals surface area (Å²) in [6, 6.07) is 17.5. The third-order valence-corrected chi connectivity index (χ3v) is 6.84. The molecule has 0 aliphatic carbocycles. The molecule has 2 aromatic carbocycles. The minimum absolute atomic E-state index is 0.0420. The fourth-order valence-electron chi connectivity index (χ4n) is 4.80. The molecule has 7 heteroatoms. The highest BCUT2D eigenvalue weighted by Gasteiger charge is 2.39. The SMILES string of the molecule is CC(c1ccccc1)N1CC(C(=O)N2CCc3[nH]nc(-c4cccc(Cl)c4)c3C2)CC1=O. The Balaban J connectivity index is 1.32. The third-order valence-electron chi connectivity index (χ3n) is 6.60. The number of fused-ring (bicyclic) bond motifs is 1. The van der Waals surface area contributed by atoms with Crippen LogP contribution in [-0.4, -0.2) is 44.9 Å². The Labute approximate surface area is 192 Å². The van der Waals surface area contributed by atoms with E-state index < -0.39 is 0 Å². The summed E-state index contributed by atoms with van der Waals surface area (Å²) < 4.78 is 0. The summed E-state index contributed by atoms with van der Waals surface area (Å²) in [5.74, 6) is -0.220. The molecule has 6 nitrogen and oxygen atoms in total. The van der Waals surface area contributed by atoms with Gasteiger partial charge in [-0.05, 0) is 24.6 Å². The van der Waals surface area contributed by atoms with E-state index in [-0.39, 0.29) is 30.2 Å². The van der Waals surface area contributed by atoms with Crippen molar-refractivity contribution in [2.24, 2.45) is 5.92 Å². The molecule has 2 amide bonds. The number of hydrogen-bond donors (Lipinski definition) is 1. The lowest BCUT2D eigenvalue weighted by Crippen LogP contribution is -2.40. The highest BCUT2D eigenvalue weighted by molar-refractivity contribution is 6.30. The van der Waals surface area contributed by atoms with Crippen LogP contribution in [0.15, 0.2) is 54.6 Å². The van der Waals surface area contributed by atoms with Crippen molar-refractivity contribution in [1.29, 1.82) is 0 Å². The standard InChI is InChI=1S/C25H25ClN4O2/c1-16(17-6-3-2-4-7-17)30-14-19(13-23(30)31)25(32)29-11-10-22-21(15-29)24(28-27-22)18-8-5-9-20(26)12-18/h2-9,12,16,19H,10-11,13-15H2,1H3,(H,27,28). The monoisotopic (exact) mass is 448 g/mol. The van der Waals surface area contributed by atoms with Crippen LogP contribution in [0.4, 0.5) is 0 Å². The maximum absolute atomic E-state index is 13.4. The summed E-state index contributed by atoms with van der Waals surface area (Å²) in [4.78, 5) is 29.8. The second kappa shape index (κ2) is 8.43. The minimum Gasteiger partial charge on any atom is -0.338 e. The van der Waals surface area contributed by atoms with Crippen molar-refractivity contribution in [3.63, 3.8) is 0 Å².